The van der Waals surface area contributed by atoms with E-state index in [-0.39, 0.29) is 5.78 Å². The van der Waals surface area contributed by atoms with Crippen LogP contribution in [0.15, 0.2) is 41.4 Å². The molecular weight excluding hydrogens is 186 g/mol. The number of allylic oxidation sites excluding steroid dienone is 1. The zero-order chi connectivity index (χ0) is 10.8. The highest BCUT2D eigenvalue weighted by Gasteiger charge is 2.16. The Labute approximate surface area is 89.3 Å². The van der Waals surface area contributed by atoms with Crippen LogP contribution in [-0.4, -0.2) is 11.5 Å². The number of fused-ring (bicyclic) bond motifs is 1. The molecule has 0 bridgehead atoms. The van der Waals surface area contributed by atoms with Crippen molar-refractivity contribution >= 4 is 17.2 Å². The van der Waals surface area contributed by atoms with E-state index in [1.54, 1.807) is 6.92 Å². The summed E-state index contributed by atoms with van der Waals surface area (Å²) in [6, 6.07) is 7.99. The highest BCUT2D eigenvalue weighted by atomic mass is 16.1. The first-order valence-corrected chi connectivity index (χ1v) is 5.00. The van der Waals surface area contributed by atoms with Crippen LogP contribution >= 0.6 is 0 Å². The van der Waals surface area contributed by atoms with E-state index < -0.39 is 0 Å². The van der Waals surface area contributed by atoms with Gasteiger partial charge in [-0.15, -0.1) is 0 Å². The molecule has 0 aliphatic carbocycles. The van der Waals surface area contributed by atoms with E-state index in [9.17, 15) is 4.79 Å². The van der Waals surface area contributed by atoms with Crippen LogP contribution in [0.2, 0.25) is 0 Å². The van der Waals surface area contributed by atoms with Crippen molar-refractivity contribution in [3.63, 3.8) is 0 Å². The number of Topliss-reactive ketones (excluding diaryl/α,β-unsaturated/α-hetero) is 1. The van der Waals surface area contributed by atoms with Crippen LogP contribution in [-0.2, 0) is 11.2 Å². The summed E-state index contributed by atoms with van der Waals surface area (Å²) in [4.78, 5) is 15.9. The van der Waals surface area contributed by atoms with Crippen molar-refractivity contribution in [2.45, 2.75) is 19.8 Å². The molecule has 76 valence electrons. The smallest absolute Gasteiger partial charge is 0.163 e. The normalized spacial score (nSPS) is 13.3. The Balaban J connectivity index is 2.12. The summed E-state index contributed by atoms with van der Waals surface area (Å²) in [5, 5.41) is 0. The highest BCUT2D eigenvalue weighted by Crippen LogP contribution is 2.27. The maximum Gasteiger partial charge on any atom is 0.163 e. The van der Waals surface area contributed by atoms with Gasteiger partial charge in [-0.1, -0.05) is 24.8 Å². The lowest BCUT2D eigenvalue weighted by molar-refractivity contribution is -0.114. The van der Waals surface area contributed by atoms with Crippen molar-refractivity contribution in [1.29, 1.82) is 0 Å². The quantitative estimate of drug-likeness (QED) is 0.688. The van der Waals surface area contributed by atoms with Crippen LogP contribution in [0.25, 0.3) is 0 Å². The summed E-state index contributed by atoms with van der Waals surface area (Å²) in [5.74, 6) is 0.0848. The SMILES string of the molecule is C=C(C)C(=O)CC1=Nc2ccccc2C1. The number of ketones is 1. The molecule has 0 atom stereocenters. The van der Waals surface area contributed by atoms with Crippen LogP contribution in [0.3, 0.4) is 0 Å². The molecular formula is C13H13NO. The number of carbonyl (C=O) groups excluding carboxylic acids is 1. The molecule has 2 rings (SSSR count). The Bertz CT molecular complexity index is 457. The number of carbonyl (C=O) groups is 1. The third-order valence-electron chi connectivity index (χ3n) is 2.51. The molecule has 0 unspecified atom stereocenters. The van der Waals surface area contributed by atoms with Crippen molar-refractivity contribution in [2.24, 2.45) is 4.99 Å². The number of rotatable bonds is 3. The predicted molar refractivity (Wildman–Crippen MR) is 61.7 cm³/mol. The van der Waals surface area contributed by atoms with Gasteiger partial charge in [0.05, 0.1) is 5.69 Å². The summed E-state index contributed by atoms with van der Waals surface area (Å²) in [6.45, 7) is 5.38. The number of nitrogens with zero attached hydrogens (tertiary/aromatic N) is 1. The van der Waals surface area contributed by atoms with Crippen LogP contribution in [0.1, 0.15) is 18.9 Å². The number of para-hydroxylation sites is 1. The van der Waals surface area contributed by atoms with Gasteiger partial charge in [0.1, 0.15) is 0 Å². The van der Waals surface area contributed by atoms with Crippen LogP contribution in [0, 0.1) is 0 Å². The summed E-state index contributed by atoms with van der Waals surface area (Å²) in [5.41, 5.74) is 3.77. The van der Waals surface area contributed by atoms with Crippen molar-refractivity contribution in [3.05, 3.63) is 42.0 Å². The first kappa shape index (κ1) is 9.84. The molecule has 0 radical (unpaired) electrons. The molecule has 2 heteroatoms. The Morgan fingerprint density at radius 3 is 2.87 bits per heavy atom. The predicted octanol–water partition coefficient (Wildman–Crippen LogP) is 2.85. The highest BCUT2D eigenvalue weighted by molar-refractivity contribution is 6.11. The molecule has 1 aromatic rings. The van der Waals surface area contributed by atoms with E-state index in [1.807, 2.05) is 18.2 Å². The average molecular weight is 199 g/mol. The van der Waals surface area contributed by atoms with Gasteiger partial charge in [0.2, 0.25) is 0 Å². The topological polar surface area (TPSA) is 29.4 Å². The fourth-order valence-corrected chi connectivity index (χ4v) is 1.64. The standard InChI is InChI=1S/C13H13NO/c1-9(2)13(15)8-11-7-10-5-3-4-6-12(10)14-11/h3-6H,1,7-8H2,2H3. The largest absolute Gasteiger partial charge is 0.294 e. The molecule has 0 aromatic heterocycles. The van der Waals surface area contributed by atoms with E-state index in [1.165, 1.54) is 5.56 Å². The second kappa shape index (κ2) is 3.81. The van der Waals surface area contributed by atoms with Gasteiger partial charge in [0, 0.05) is 18.6 Å². The maximum absolute atomic E-state index is 11.5. The summed E-state index contributed by atoms with van der Waals surface area (Å²) >= 11 is 0. The second-order valence-corrected chi connectivity index (χ2v) is 3.86. The van der Waals surface area contributed by atoms with Crippen molar-refractivity contribution in [3.8, 4) is 0 Å². The summed E-state index contributed by atoms with van der Waals surface area (Å²) in [7, 11) is 0. The molecule has 2 nitrogen and oxygen atoms in total. The molecule has 1 aliphatic rings. The molecule has 0 fully saturated rings. The minimum Gasteiger partial charge on any atom is -0.294 e. The molecule has 1 aliphatic heterocycles. The van der Waals surface area contributed by atoms with Crippen molar-refractivity contribution in [2.75, 3.05) is 0 Å². The molecule has 15 heavy (non-hydrogen) atoms. The van der Waals surface area contributed by atoms with Gasteiger partial charge in [0.25, 0.3) is 0 Å². The van der Waals surface area contributed by atoms with Gasteiger partial charge in [-0.05, 0) is 24.1 Å². The monoisotopic (exact) mass is 199 g/mol. The average Bonchev–Trinajstić information content (AvgIpc) is 2.59. The van der Waals surface area contributed by atoms with E-state index in [2.05, 4.69) is 17.6 Å². The zero-order valence-electron chi connectivity index (χ0n) is 8.79. The Kier molecular flexibility index (Phi) is 2.50. The lowest BCUT2D eigenvalue weighted by Gasteiger charge is -1.98. The number of hydrogen-bond donors (Lipinski definition) is 0. The molecule has 1 aromatic carbocycles. The van der Waals surface area contributed by atoms with Gasteiger partial charge in [-0.2, -0.15) is 0 Å². The van der Waals surface area contributed by atoms with Crippen LogP contribution in [0.4, 0.5) is 5.69 Å². The summed E-state index contributed by atoms with van der Waals surface area (Å²) < 4.78 is 0. The van der Waals surface area contributed by atoms with Crippen molar-refractivity contribution in [1.82, 2.24) is 0 Å². The van der Waals surface area contributed by atoms with Gasteiger partial charge in [0.15, 0.2) is 5.78 Å². The first-order chi connectivity index (χ1) is 7.16. The van der Waals surface area contributed by atoms with Gasteiger partial charge >= 0.3 is 0 Å². The van der Waals surface area contributed by atoms with E-state index in [4.69, 9.17) is 0 Å². The molecule has 0 saturated heterocycles. The fourth-order valence-electron chi connectivity index (χ4n) is 1.64. The van der Waals surface area contributed by atoms with E-state index in [0.29, 0.717) is 12.0 Å². The Morgan fingerprint density at radius 2 is 2.20 bits per heavy atom. The van der Waals surface area contributed by atoms with Gasteiger partial charge in [-0.25, -0.2) is 0 Å². The Hall–Kier alpha value is -1.70. The summed E-state index contributed by atoms with van der Waals surface area (Å²) in [6.07, 6.45) is 1.21. The zero-order valence-corrected chi connectivity index (χ0v) is 8.79. The van der Waals surface area contributed by atoms with Gasteiger partial charge in [-0.3, -0.25) is 9.79 Å². The minimum atomic E-state index is 0.0848. The molecule has 0 spiro atoms. The van der Waals surface area contributed by atoms with E-state index in [0.717, 1.165) is 17.8 Å². The third-order valence-corrected chi connectivity index (χ3v) is 2.51. The third kappa shape index (κ3) is 2.04. The minimum absolute atomic E-state index is 0.0848. The maximum atomic E-state index is 11.5. The van der Waals surface area contributed by atoms with Crippen LogP contribution in [0.5, 0.6) is 0 Å². The molecule has 0 N–H and O–H groups in total. The number of aliphatic imine (C=N–C) groups is 1. The lowest BCUT2D eigenvalue weighted by atomic mass is 10.0. The van der Waals surface area contributed by atoms with Crippen molar-refractivity contribution < 1.29 is 4.79 Å². The fraction of sp³-hybridized carbons (Fsp3) is 0.231. The lowest BCUT2D eigenvalue weighted by Crippen LogP contribution is -2.08. The van der Waals surface area contributed by atoms with Gasteiger partial charge < -0.3 is 0 Å². The Morgan fingerprint density at radius 1 is 1.47 bits per heavy atom. The number of benzene rings is 1. The second-order valence-electron chi connectivity index (χ2n) is 3.86. The molecule has 1 heterocycles. The van der Waals surface area contributed by atoms with Crippen LogP contribution < -0.4 is 0 Å². The van der Waals surface area contributed by atoms with E-state index >= 15 is 0 Å². The number of hydrogen-bond acceptors (Lipinski definition) is 2. The molecule has 0 saturated carbocycles. The first-order valence-electron chi connectivity index (χ1n) is 5.00. The molecule has 0 amide bonds.